The summed E-state index contributed by atoms with van der Waals surface area (Å²) in [6.45, 7) is 13.0. The van der Waals surface area contributed by atoms with Gasteiger partial charge in [-0.3, -0.25) is 4.79 Å². The van der Waals surface area contributed by atoms with Gasteiger partial charge in [0.15, 0.2) is 5.65 Å². The first-order chi connectivity index (χ1) is 18.4. The van der Waals surface area contributed by atoms with Crippen molar-refractivity contribution >= 4 is 24.1 Å². The summed E-state index contributed by atoms with van der Waals surface area (Å²) in [5, 5.41) is 4.79. The lowest BCUT2D eigenvalue weighted by Gasteiger charge is -2.32. The summed E-state index contributed by atoms with van der Waals surface area (Å²) < 4.78 is 29.5. The molecular formula is C30H38BFN4O3. The summed E-state index contributed by atoms with van der Waals surface area (Å²) >= 11 is 0. The maximum Gasteiger partial charge on any atom is 0.494 e. The molecule has 0 N–H and O–H groups in total. The lowest BCUT2D eigenvalue weighted by Crippen LogP contribution is -2.41. The number of aromatic nitrogens is 3. The Morgan fingerprint density at radius 3 is 2.41 bits per heavy atom. The molecule has 2 aliphatic heterocycles. The zero-order valence-electron chi connectivity index (χ0n) is 23.9. The van der Waals surface area contributed by atoms with E-state index in [0.717, 1.165) is 50.8 Å². The Kier molecular flexibility index (Phi) is 6.19. The van der Waals surface area contributed by atoms with Gasteiger partial charge in [-0.25, -0.2) is 13.9 Å². The molecular weight excluding hydrogens is 494 g/mol. The molecule has 39 heavy (non-hydrogen) atoms. The van der Waals surface area contributed by atoms with Crippen LogP contribution in [0.25, 0.3) is 16.9 Å². The molecule has 1 saturated carbocycles. The van der Waals surface area contributed by atoms with Gasteiger partial charge in [-0.15, -0.1) is 0 Å². The molecule has 0 bridgehead atoms. The third-order valence-corrected chi connectivity index (χ3v) is 9.37. The predicted molar refractivity (Wildman–Crippen MR) is 150 cm³/mol. The summed E-state index contributed by atoms with van der Waals surface area (Å²) in [4.78, 5) is 20.4. The van der Waals surface area contributed by atoms with Gasteiger partial charge in [0.25, 0.3) is 5.91 Å². The molecule has 1 atom stereocenters. The molecule has 7 nitrogen and oxygen atoms in total. The fourth-order valence-electron chi connectivity index (χ4n) is 5.68. The second kappa shape index (κ2) is 9.13. The number of nitrogens with zero attached hydrogens (tertiary/aromatic N) is 4. The summed E-state index contributed by atoms with van der Waals surface area (Å²) in [5.41, 5.74) is 2.38. The number of carbonyl (C=O) groups is 1. The van der Waals surface area contributed by atoms with Gasteiger partial charge in [0.1, 0.15) is 11.5 Å². The van der Waals surface area contributed by atoms with E-state index in [1.54, 1.807) is 16.6 Å². The molecule has 0 radical (unpaired) electrons. The monoisotopic (exact) mass is 532 g/mol. The van der Waals surface area contributed by atoms with E-state index in [4.69, 9.17) is 19.4 Å². The third kappa shape index (κ3) is 4.57. The van der Waals surface area contributed by atoms with Crippen molar-refractivity contribution in [2.45, 2.75) is 103 Å². The van der Waals surface area contributed by atoms with Gasteiger partial charge in [0.05, 0.1) is 22.6 Å². The minimum atomic E-state index is -0.641. The first-order valence-corrected chi connectivity index (χ1v) is 14.3. The van der Waals surface area contributed by atoms with E-state index in [9.17, 15) is 4.79 Å². The molecule has 0 unspecified atom stereocenters. The molecule has 3 aliphatic rings. The van der Waals surface area contributed by atoms with E-state index in [1.165, 1.54) is 6.07 Å². The highest BCUT2D eigenvalue weighted by molar-refractivity contribution is 6.62. The minimum absolute atomic E-state index is 0.0295. The Labute approximate surface area is 230 Å². The van der Waals surface area contributed by atoms with E-state index >= 15 is 4.39 Å². The van der Waals surface area contributed by atoms with E-state index in [0.29, 0.717) is 28.1 Å². The standard InChI is InChI=1S/C30H38BFN4O3/c1-19-10-8-7-9-15-35(19)27(37)24-17-25(30(6)13-14-30)36-26(33-24)18-23(34-36)21-12-11-20(16-22(21)32)31-38-28(2,3)29(4,5)39-31/h11-12,16-19H,7-10,13-15H2,1-6H3/t19-/m1/s1. The molecule has 6 rings (SSSR count). The Balaban J connectivity index is 1.36. The number of likely N-dealkylation sites (tertiary alicyclic amines) is 1. The fraction of sp³-hybridized carbons (Fsp3) is 0.567. The van der Waals surface area contributed by atoms with Crippen LogP contribution < -0.4 is 5.46 Å². The molecule has 1 aliphatic carbocycles. The average molecular weight is 532 g/mol. The molecule has 1 aromatic carbocycles. The number of carbonyl (C=O) groups excluding carboxylic acids is 1. The van der Waals surface area contributed by atoms with Crippen LogP contribution in [0.1, 0.15) is 96.2 Å². The van der Waals surface area contributed by atoms with E-state index < -0.39 is 24.1 Å². The molecule has 3 aromatic rings. The SMILES string of the molecule is C[C@@H]1CCCCCN1C(=O)c1cc(C2(C)CC2)n2nc(-c3ccc(B4OC(C)(C)C(C)(C)O4)cc3F)cc2n1. The van der Waals surface area contributed by atoms with Crippen LogP contribution in [0.5, 0.6) is 0 Å². The predicted octanol–water partition coefficient (Wildman–Crippen LogP) is 5.29. The summed E-state index contributed by atoms with van der Waals surface area (Å²) in [5.74, 6) is -0.433. The van der Waals surface area contributed by atoms with Crippen molar-refractivity contribution in [1.29, 1.82) is 0 Å². The first kappa shape index (κ1) is 26.4. The van der Waals surface area contributed by atoms with Crippen molar-refractivity contribution in [3.05, 3.63) is 47.5 Å². The van der Waals surface area contributed by atoms with Crippen LogP contribution in [-0.4, -0.2) is 56.3 Å². The quantitative estimate of drug-likeness (QED) is 0.427. The fourth-order valence-corrected chi connectivity index (χ4v) is 5.68. The summed E-state index contributed by atoms with van der Waals surface area (Å²) in [7, 11) is -0.641. The van der Waals surface area contributed by atoms with Gasteiger partial charge in [0, 0.05) is 29.6 Å². The smallest absolute Gasteiger partial charge is 0.399 e. The molecule has 1 amide bonds. The largest absolute Gasteiger partial charge is 0.494 e. The van der Waals surface area contributed by atoms with Crippen molar-refractivity contribution in [3.8, 4) is 11.3 Å². The van der Waals surface area contributed by atoms with Gasteiger partial charge in [0.2, 0.25) is 0 Å². The zero-order valence-corrected chi connectivity index (χ0v) is 23.9. The van der Waals surface area contributed by atoms with Crippen LogP contribution in [-0.2, 0) is 14.7 Å². The number of rotatable bonds is 4. The zero-order chi connectivity index (χ0) is 27.7. The van der Waals surface area contributed by atoms with Gasteiger partial charge in [-0.1, -0.05) is 31.9 Å². The molecule has 206 valence electrons. The molecule has 0 spiro atoms. The van der Waals surface area contributed by atoms with Gasteiger partial charge in [-0.2, -0.15) is 5.10 Å². The second-order valence-corrected chi connectivity index (χ2v) is 12.9. The van der Waals surface area contributed by atoms with E-state index in [-0.39, 0.29) is 17.4 Å². The number of fused-ring (bicyclic) bond motifs is 1. The van der Waals surface area contributed by atoms with Crippen LogP contribution in [0, 0.1) is 5.82 Å². The van der Waals surface area contributed by atoms with Gasteiger partial charge >= 0.3 is 7.12 Å². The Bertz CT molecular complexity index is 1430. The van der Waals surface area contributed by atoms with Gasteiger partial charge < -0.3 is 14.2 Å². The van der Waals surface area contributed by atoms with Crippen LogP contribution in [0.4, 0.5) is 4.39 Å². The third-order valence-electron chi connectivity index (χ3n) is 9.37. The Morgan fingerprint density at radius 1 is 1.03 bits per heavy atom. The van der Waals surface area contributed by atoms with E-state index in [1.807, 2.05) is 44.7 Å². The molecule has 9 heteroatoms. The molecule has 2 saturated heterocycles. The maximum absolute atomic E-state index is 15.5. The molecule has 2 aromatic heterocycles. The highest BCUT2D eigenvalue weighted by Gasteiger charge is 2.51. The van der Waals surface area contributed by atoms with Crippen LogP contribution in [0.3, 0.4) is 0 Å². The maximum atomic E-state index is 15.5. The van der Waals surface area contributed by atoms with E-state index in [2.05, 4.69) is 13.8 Å². The van der Waals surface area contributed by atoms with Crippen molar-refractivity contribution < 1.29 is 18.5 Å². The number of halogens is 1. The van der Waals surface area contributed by atoms with Crippen molar-refractivity contribution in [2.24, 2.45) is 0 Å². The second-order valence-electron chi connectivity index (χ2n) is 12.9. The van der Waals surface area contributed by atoms with Crippen molar-refractivity contribution in [2.75, 3.05) is 6.54 Å². The summed E-state index contributed by atoms with van der Waals surface area (Å²) in [6, 6.07) is 8.90. The summed E-state index contributed by atoms with van der Waals surface area (Å²) in [6.07, 6.45) is 6.36. The number of benzene rings is 1. The van der Waals surface area contributed by atoms with Crippen molar-refractivity contribution in [1.82, 2.24) is 19.5 Å². The topological polar surface area (TPSA) is 69.0 Å². The Hall–Kier alpha value is -2.78. The molecule has 4 heterocycles. The van der Waals surface area contributed by atoms with Crippen molar-refractivity contribution in [3.63, 3.8) is 0 Å². The lowest BCUT2D eigenvalue weighted by atomic mass is 9.78. The lowest BCUT2D eigenvalue weighted by molar-refractivity contribution is 0.00578. The number of hydrogen-bond acceptors (Lipinski definition) is 5. The van der Waals surface area contributed by atoms with Crippen LogP contribution in [0.15, 0.2) is 30.3 Å². The van der Waals surface area contributed by atoms with Crippen LogP contribution >= 0.6 is 0 Å². The van der Waals surface area contributed by atoms with Crippen LogP contribution in [0.2, 0.25) is 0 Å². The number of amides is 1. The minimum Gasteiger partial charge on any atom is -0.399 e. The normalized spacial score (nSPS) is 23.7. The highest BCUT2D eigenvalue weighted by atomic mass is 19.1. The molecule has 3 fully saturated rings. The highest BCUT2D eigenvalue weighted by Crippen LogP contribution is 2.48. The average Bonchev–Trinajstić information content (AvgIpc) is 3.47. The number of hydrogen-bond donors (Lipinski definition) is 0. The Morgan fingerprint density at radius 2 is 1.74 bits per heavy atom. The van der Waals surface area contributed by atoms with Gasteiger partial charge in [-0.05, 0) is 77.9 Å². The first-order valence-electron chi connectivity index (χ1n) is 14.3.